The van der Waals surface area contributed by atoms with Gasteiger partial charge < -0.3 is 0 Å². The molecular weight excluding hydrogens is 347 g/mol. The van der Waals surface area contributed by atoms with Gasteiger partial charge in [0, 0.05) is 6.42 Å². The number of halogens is 5. The second-order valence-electron chi connectivity index (χ2n) is 8.03. The number of fused-ring (bicyclic) bond motifs is 1. The third-order valence-electron chi connectivity index (χ3n) is 6.21. The quantitative estimate of drug-likeness (QED) is 0.373. The second-order valence-corrected chi connectivity index (χ2v) is 8.03. The summed E-state index contributed by atoms with van der Waals surface area (Å²) >= 11 is 0. The normalized spacial score (nSPS) is 27.2. The van der Waals surface area contributed by atoms with Crippen LogP contribution in [0.1, 0.15) is 87.3 Å². The van der Waals surface area contributed by atoms with E-state index in [1.807, 2.05) is 0 Å². The summed E-state index contributed by atoms with van der Waals surface area (Å²) < 4.78 is 69.5. The van der Waals surface area contributed by atoms with E-state index >= 15 is 0 Å². The van der Waals surface area contributed by atoms with Crippen molar-refractivity contribution in [3.05, 3.63) is 34.6 Å². The highest BCUT2D eigenvalue weighted by Gasteiger charge is 2.61. The van der Waals surface area contributed by atoms with E-state index < -0.39 is 29.6 Å². The average molecular weight is 374 g/mol. The molecule has 0 heterocycles. The molecule has 0 unspecified atom stereocenters. The molecule has 0 N–H and O–H groups in total. The number of benzene rings is 1. The maximum Gasteiger partial charge on any atom is 0.338 e. The van der Waals surface area contributed by atoms with E-state index in [1.54, 1.807) is 6.07 Å². The van der Waals surface area contributed by atoms with Crippen LogP contribution in [0.25, 0.3) is 0 Å². The molecular formula is C21H27F5. The van der Waals surface area contributed by atoms with Crippen molar-refractivity contribution < 1.29 is 22.0 Å². The molecule has 0 bridgehead atoms. The van der Waals surface area contributed by atoms with Gasteiger partial charge in [-0.1, -0.05) is 38.7 Å². The Balaban J connectivity index is 1.73. The maximum atomic E-state index is 14.4. The van der Waals surface area contributed by atoms with Crippen molar-refractivity contribution in [1.82, 2.24) is 0 Å². The van der Waals surface area contributed by atoms with Gasteiger partial charge in [0.2, 0.25) is 0 Å². The third kappa shape index (κ3) is 3.63. The Kier molecular flexibility index (Phi) is 5.64. The van der Waals surface area contributed by atoms with Crippen molar-refractivity contribution in [3.63, 3.8) is 0 Å². The molecule has 1 aromatic rings. The fourth-order valence-corrected chi connectivity index (χ4v) is 4.57. The number of hydrogen-bond donors (Lipinski definition) is 0. The smallest absolute Gasteiger partial charge is 0.206 e. The van der Waals surface area contributed by atoms with E-state index in [9.17, 15) is 22.0 Å². The van der Waals surface area contributed by atoms with Gasteiger partial charge in [0.05, 0.1) is 5.56 Å². The Morgan fingerprint density at radius 2 is 1.69 bits per heavy atom. The highest BCUT2D eigenvalue weighted by molar-refractivity contribution is 5.41. The molecule has 2 aliphatic rings. The highest BCUT2D eigenvalue weighted by Crippen LogP contribution is 2.52. The Morgan fingerprint density at radius 1 is 1.00 bits per heavy atom. The van der Waals surface area contributed by atoms with Crippen LogP contribution in [0.2, 0.25) is 0 Å². The lowest BCUT2D eigenvalue weighted by atomic mass is 9.75. The van der Waals surface area contributed by atoms with Crippen LogP contribution in [0, 0.1) is 11.7 Å². The number of aryl methyl sites for hydroxylation is 1. The summed E-state index contributed by atoms with van der Waals surface area (Å²) in [5, 5.41) is 0. The SMILES string of the molecule is CCCCCC1CCC(c2cc(F)c3c(c2)CCC(F)(F)C3(F)F)CC1. The number of hydrogen-bond acceptors (Lipinski definition) is 0. The molecule has 5 heteroatoms. The maximum absolute atomic E-state index is 14.4. The number of unbranched alkanes of at least 4 members (excludes halogenated alkanes) is 2. The van der Waals surface area contributed by atoms with Gasteiger partial charge in [0.25, 0.3) is 0 Å². The molecule has 0 saturated heterocycles. The molecule has 0 radical (unpaired) electrons. The standard InChI is InChI=1S/C21H27F5/c1-2-3-4-5-14-6-8-15(9-7-14)17-12-16-10-11-20(23,24)21(25,26)19(16)18(22)13-17/h12-15H,2-11H2,1H3. The number of rotatable bonds is 5. The van der Waals surface area contributed by atoms with E-state index in [1.165, 1.54) is 25.7 Å². The zero-order chi connectivity index (χ0) is 18.9. The van der Waals surface area contributed by atoms with Gasteiger partial charge in [-0.25, -0.2) is 4.39 Å². The fourth-order valence-electron chi connectivity index (χ4n) is 4.57. The zero-order valence-corrected chi connectivity index (χ0v) is 15.3. The van der Waals surface area contributed by atoms with E-state index in [0.717, 1.165) is 31.7 Å². The molecule has 26 heavy (non-hydrogen) atoms. The van der Waals surface area contributed by atoms with Crippen molar-refractivity contribution in [1.29, 1.82) is 0 Å². The van der Waals surface area contributed by atoms with Crippen LogP contribution >= 0.6 is 0 Å². The number of alkyl halides is 4. The van der Waals surface area contributed by atoms with Crippen LogP contribution in [-0.2, 0) is 12.3 Å². The summed E-state index contributed by atoms with van der Waals surface area (Å²) in [6, 6.07) is 2.64. The largest absolute Gasteiger partial charge is 0.338 e. The van der Waals surface area contributed by atoms with Gasteiger partial charge in [0.15, 0.2) is 0 Å². The fraction of sp³-hybridized carbons (Fsp3) is 0.714. The summed E-state index contributed by atoms with van der Waals surface area (Å²) in [4.78, 5) is 0. The molecule has 1 aromatic carbocycles. The molecule has 146 valence electrons. The molecule has 0 aliphatic heterocycles. The summed E-state index contributed by atoms with van der Waals surface area (Å²) in [7, 11) is 0. The molecule has 2 aliphatic carbocycles. The average Bonchev–Trinajstić information content (AvgIpc) is 2.59. The van der Waals surface area contributed by atoms with Crippen LogP contribution in [-0.4, -0.2) is 5.92 Å². The monoisotopic (exact) mass is 374 g/mol. The molecule has 3 rings (SSSR count). The predicted molar refractivity (Wildman–Crippen MR) is 92.4 cm³/mol. The summed E-state index contributed by atoms with van der Waals surface area (Å²) in [6.45, 7) is 2.18. The Labute approximate surface area is 152 Å². The van der Waals surface area contributed by atoms with Crippen LogP contribution < -0.4 is 0 Å². The van der Waals surface area contributed by atoms with Crippen LogP contribution in [0.15, 0.2) is 12.1 Å². The van der Waals surface area contributed by atoms with Gasteiger partial charge >= 0.3 is 11.8 Å². The van der Waals surface area contributed by atoms with Crippen molar-refractivity contribution in [2.45, 2.75) is 88.9 Å². The predicted octanol–water partition coefficient (Wildman–Crippen LogP) is 7.35. The summed E-state index contributed by atoms with van der Waals surface area (Å²) in [5.41, 5.74) is -0.332. The van der Waals surface area contributed by atoms with Crippen molar-refractivity contribution in [3.8, 4) is 0 Å². The molecule has 0 amide bonds. The van der Waals surface area contributed by atoms with E-state index in [0.29, 0.717) is 11.5 Å². The first kappa shape index (κ1) is 19.6. The zero-order valence-electron chi connectivity index (χ0n) is 15.3. The molecule has 1 saturated carbocycles. The minimum Gasteiger partial charge on any atom is -0.206 e. The van der Waals surface area contributed by atoms with Gasteiger partial charge in [0.1, 0.15) is 5.82 Å². The summed E-state index contributed by atoms with van der Waals surface area (Å²) in [6.07, 6.45) is 7.76. The van der Waals surface area contributed by atoms with Crippen molar-refractivity contribution in [2.75, 3.05) is 0 Å². The van der Waals surface area contributed by atoms with Gasteiger partial charge in [-0.05, 0) is 61.1 Å². The topological polar surface area (TPSA) is 0 Å². The highest BCUT2D eigenvalue weighted by atomic mass is 19.3. The van der Waals surface area contributed by atoms with Gasteiger partial charge in [-0.2, -0.15) is 17.6 Å². The second kappa shape index (κ2) is 7.47. The van der Waals surface area contributed by atoms with Gasteiger partial charge in [-0.3, -0.25) is 0 Å². The molecule has 0 nitrogen and oxygen atoms in total. The lowest BCUT2D eigenvalue weighted by Gasteiger charge is -2.34. The van der Waals surface area contributed by atoms with E-state index in [2.05, 4.69) is 6.92 Å². The Bertz CT molecular complexity index is 630. The van der Waals surface area contributed by atoms with Crippen LogP contribution in [0.4, 0.5) is 22.0 Å². The first-order valence-corrected chi connectivity index (χ1v) is 9.84. The molecule has 1 fully saturated rings. The van der Waals surface area contributed by atoms with Crippen LogP contribution in [0.3, 0.4) is 0 Å². The molecule has 0 atom stereocenters. The lowest BCUT2D eigenvalue weighted by Crippen LogP contribution is -2.43. The lowest BCUT2D eigenvalue weighted by molar-refractivity contribution is -0.226. The first-order chi connectivity index (χ1) is 12.3. The Morgan fingerprint density at radius 3 is 2.35 bits per heavy atom. The third-order valence-corrected chi connectivity index (χ3v) is 6.21. The minimum absolute atomic E-state index is 0.0565. The van der Waals surface area contributed by atoms with Crippen LogP contribution in [0.5, 0.6) is 0 Å². The molecule has 0 spiro atoms. The summed E-state index contributed by atoms with van der Waals surface area (Å²) in [5.74, 6) is -8.94. The van der Waals surface area contributed by atoms with E-state index in [-0.39, 0.29) is 17.9 Å². The Hall–Kier alpha value is -1.13. The molecule has 0 aromatic heterocycles. The minimum atomic E-state index is -4.43. The first-order valence-electron chi connectivity index (χ1n) is 9.84. The van der Waals surface area contributed by atoms with Crippen molar-refractivity contribution >= 4 is 0 Å². The van der Waals surface area contributed by atoms with Gasteiger partial charge in [-0.15, -0.1) is 0 Å². The van der Waals surface area contributed by atoms with Crippen molar-refractivity contribution in [2.24, 2.45) is 5.92 Å². The van der Waals surface area contributed by atoms with E-state index in [4.69, 9.17) is 0 Å².